The molecule has 1 fully saturated rings. The average molecular weight is 231 g/mol. The topological polar surface area (TPSA) is 56.1 Å². The zero-order chi connectivity index (χ0) is 12.4. The molecule has 0 saturated carbocycles. The molecule has 0 amide bonds. The fourth-order valence-electron chi connectivity index (χ4n) is 2.13. The molecule has 0 aliphatic carbocycles. The second-order valence-corrected chi connectivity index (χ2v) is 4.62. The van der Waals surface area contributed by atoms with Gasteiger partial charge in [0, 0.05) is 19.1 Å². The van der Waals surface area contributed by atoms with Crippen LogP contribution in [0.15, 0.2) is 6.20 Å². The molecule has 90 valence electrons. The van der Waals surface area contributed by atoms with Crippen LogP contribution in [0.5, 0.6) is 0 Å². The summed E-state index contributed by atoms with van der Waals surface area (Å²) >= 11 is 0. The van der Waals surface area contributed by atoms with Crippen molar-refractivity contribution in [1.82, 2.24) is 14.9 Å². The summed E-state index contributed by atoms with van der Waals surface area (Å²) in [7, 11) is 4.18. The number of anilines is 1. The van der Waals surface area contributed by atoms with Crippen LogP contribution in [0.1, 0.15) is 17.8 Å². The van der Waals surface area contributed by atoms with Crippen molar-refractivity contribution in [3.63, 3.8) is 0 Å². The molecule has 5 nitrogen and oxygen atoms in total. The molecule has 0 N–H and O–H groups in total. The first-order valence-corrected chi connectivity index (χ1v) is 5.77. The fourth-order valence-corrected chi connectivity index (χ4v) is 2.13. The second kappa shape index (κ2) is 4.68. The van der Waals surface area contributed by atoms with Gasteiger partial charge in [-0.25, -0.2) is 9.97 Å². The van der Waals surface area contributed by atoms with Crippen LogP contribution in [-0.4, -0.2) is 48.1 Å². The number of nitrogens with zero attached hydrogens (tertiary/aromatic N) is 5. The summed E-state index contributed by atoms with van der Waals surface area (Å²) in [6, 6.07) is 2.70. The summed E-state index contributed by atoms with van der Waals surface area (Å²) < 4.78 is 0. The van der Waals surface area contributed by atoms with E-state index in [1.807, 2.05) is 6.92 Å². The molecule has 5 heteroatoms. The molecule has 1 atom stereocenters. The Morgan fingerprint density at radius 3 is 2.88 bits per heavy atom. The highest BCUT2D eigenvalue weighted by atomic mass is 15.3. The van der Waals surface area contributed by atoms with Gasteiger partial charge < -0.3 is 9.80 Å². The Balaban J connectivity index is 2.24. The molecule has 17 heavy (non-hydrogen) atoms. The number of hydrogen-bond acceptors (Lipinski definition) is 5. The van der Waals surface area contributed by atoms with Gasteiger partial charge in [0.15, 0.2) is 0 Å². The molecule has 1 saturated heterocycles. The number of nitriles is 1. The third-order valence-electron chi connectivity index (χ3n) is 3.20. The normalized spacial score (nSPS) is 19.7. The monoisotopic (exact) mass is 231 g/mol. The fraction of sp³-hybridized carbons (Fsp3) is 0.583. The van der Waals surface area contributed by atoms with Crippen LogP contribution in [-0.2, 0) is 0 Å². The predicted molar refractivity (Wildman–Crippen MR) is 65.8 cm³/mol. The summed E-state index contributed by atoms with van der Waals surface area (Å²) in [4.78, 5) is 12.9. The molecule has 1 aliphatic rings. The van der Waals surface area contributed by atoms with Gasteiger partial charge in [-0.2, -0.15) is 5.26 Å². The average Bonchev–Trinajstić information content (AvgIpc) is 2.78. The van der Waals surface area contributed by atoms with E-state index < -0.39 is 0 Å². The molecule has 1 aromatic rings. The molecule has 2 rings (SSSR count). The van der Waals surface area contributed by atoms with Gasteiger partial charge in [-0.15, -0.1) is 0 Å². The number of aromatic nitrogens is 2. The van der Waals surface area contributed by atoms with Gasteiger partial charge in [-0.1, -0.05) is 0 Å². The van der Waals surface area contributed by atoms with Gasteiger partial charge in [-0.3, -0.25) is 0 Å². The van der Waals surface area contributed by atoms with E-state index >= 15 is 0 Å². The van der Waals surface area contributed by atoms with E-state index in [1.54, 1.807) is 6.20 Å². The molecule has 2 heterocycles. The lowest BCUT2D eigenvalue weighted by Gasteiger charge is -2.21. The van der Waals surface area contributed by atoms with Gasteiger partial charge in [0.05, 0.1) is 6.20 Å². The van der Waals surface area contributed by atoms with Crippen molar-refractivity contribution in [3.8, 4) is 6.07 Å². The van der Waals surface area contributed by atoms with Gasteiger partial charge in [0.2, 0.25) is 0 Å². The Morgan fingerprint density at radius 2 is 2.29 bits per heavy atom. The van der Waals surface area contributed by atoms with E-state index in [-0.39, 0.29) is 0 Å². The Labute approximate surface area is 102 Å². The summed E-state index contributed by atoms with van der Waals surface area (Å²) in [5.74, 6) is 1.50. The van der Waals surface area contributed by atoms with Crippen LogP contribution in [0.4, 0.5) is 5.82 Å². The van der Waals surface area contributed by atoms with Gasteiger partial charge in [-0.05, 0) is 27.4 Å². The van der Waals surface area contributed by atoms with Crippen LogP contribution in [0, 0.1) is 18.3 Å². The zero-order valence-corrected chi connectivity index (χ0v) is 10.5. The number of likely N-dealkylation sites (N-methyl/N-ethyl adjacent to an activating group) is 1. The second-order valence-electron chi connectivity index (χ2n) is 4.62. The van der Waals surface area contributed by atoms with Gasteiger partial charge in [0.25, 0.3) is 0 Å². The maximum absolute atomic E-state index is 9.08. The first-order valence-electron chi connectivity index (χ1n) is 5.77. The van der Waals surface area contributed by atoms with E-state index in [0.717, 1.165) is 25.3 Å². The third kappa shape index (κ3) is 2.37. The Kier molecular flexibility index (Phi) is 3.25. The van der Waals surface area contributed by atoms with Crippen molar-refractivity contribution in [2.45, 2.75) is 19.4 Å². The molecule has 0 spiro atoms. The summed E-state index contributed by atoms with van der Waals surface area (Å²) in [6.45, 7) is 3.73. The minimum absolute atomic E-state index is 0.539. The lowest BCUT2D eigenvalue weighted by atomic mass is 10.2. The largest absolute Gasteiger partial charge is 0.354 e. The molecule has 0 bridgehead atoms. The van der Waals surface area contributed by atoms with Crippen molar-refractivity contribution in [2.24, 2.45) is 0 Å². The maximum Gasteiger partial charge on any atom is 0.150 e. The van der Waals surface area contributed by atoms with Crippen molar-refractivity contribution < 1.29 is 0 Å². The lowest BCUT2D eigenvalue weighted by molar-refractivity contribution is 0.315. The predicted octanol–water partition coefficient (Wildman–Crippen LogP) is 0.797. The maximum atomic E-state index is 9.08. The number of hydrogen-bond donors (Lipinski definition) is 0. The van der Waals surface area contributed by atoms with Crippen LogP contribution in [0.3, 0.4) is 0 Å². The van der Waals surface area contributed by atoms with Crippen LogP contribution in [0.25, 0.3) is 0 Å². The van der Waals surface area contributed by atoms with Crippen molar-refractivity contribution in [3.05, 3.63) is 17.6 Å². The first kappa shape index (κ1) is 11.8. The van der Waals surface area contributed by atoms with Crippen LogP contribution < -0.4 is 4.90 Å². The molecule has 0 radical (unpaired) electrons. The highest BCUT2D eigenvalue weighted by Gasteiger charge is 2.26. The molecular weight excluding hydrogens is 214 g/mol. The summed E-state index contributed by atoms with van der Waals surface area (Å²) in [6.07, 6.45) is 2.72. The van der Waals surface area contributed by atoms with E-state index in [0.29, 0.717) is 17.4 Å². The molecule has 1 unspecified atom stereocenters. The highest BCUT2D eigenvalue weighted by Crippen LogP contribution is 2.23. The lowest BCUT2D eigenvalue weighted by Crippen LogP contribution is -2.32. The minimum atomic E-state index is 0.539. The van der Waals surface area contributed by atoms with E-state index in [4.69, 9.17) is 5.26 Å². The standard InChI is InChI=1S/C12H17N5/c1-9-14-7-10(6-13)12(15-9)17-5-4-11(8-17)16(2)3/h7,11H,4-5,8H2,1-3H3. The van der Waals surface area contributed by atoms with Crippen LogP contribution >= 0.6 is 0 Å². The van der Waals surface area contributed by atoms with E-state index in [9.17, 15) is 0 Å². The first-order chi connectivity index (χ1) is 8.11. The quantitative estimate of drug-likeness (QED) is 0.753. The third-order valence-corrected chi connectivity index (χ3v) is 3.20. The minimum Gasteiger partial charge on any atom is -0.354 e. The molecule has 1 aliphatic heterocycles. The molecule has 0 aromatic carbocycles. The molecular formula is C12H17N5. The van der Waals surface area contributed by atoms with E-state index in [2.05, 4.69) is 39.9 Å². The Bertz CT molecular complexity index is 449. The SMILES string of the molecule is Cc1ncc(C#N)c(N2CCC(N(C)C)C2)n1. The summed E-state index contributed by atoms with van der Waals surface area (Å²) in [5.41, 5.74) is 0.565. The molecule has 1 aromatic heterocycles. The summed E-state index contributed by atoms with van der Waals surface area (Å²) in [5, 5.41) is 9.08. The van der Waals surface area contributed by atoms with Crippen LogP contribution in [0.2, 0.25) is 0 Å². The smallest absolute Gasteiger partial charge is 0.150 e. The number of aryl methyl sites for hydroxylation is 1. The Morgan fingerprint density at radius 1 is 1.53 bits per heavy atom. The van der Waals surface area contributed by atoms with Crippen molar-refractivity contribution in [2.75, 3.05) is 32.1 Å². The number of rotatable bonds is 2. The van der Waals surface area contributed by atoms with Gasteiger partial charge >= 0.3 is 0 Å². The Hall–Kier alpha value is -1.67. The van der Waals surface area contributed by atoms with Crippen molar-refractivity contribution >= 4 is 5.82 Å². The zero-order valence-electron chi connectivity index (χ0n) is 10.5. The van der Waals surface area contributed by atoms with Crippen molar-refractivity contribution in [1.29, 1.82) is 5.26 Å². The highest BCUT2D eigenvalue weighted by molar-refractivity contribution is 5.53. The van der Waals surface area contributed by atoms with Gasteiger partial charge in [0.1, 0.15) is 23.3 Å². The van der Waals surface area contributed by atoms with E-state index in [1.165, 1.54) is 0 Å².